The fourth-order valence-corrected chi connectivity index (χ4v) is 3.51. The number of nitrogens with zero attached hydrogens (tertiary/aromatic N) is 2. The number of piperazine rings is 1. The van der Waals surface area contributed by atoms with Crippen molar-refractivity contribution in [3.05, 3.63) is 59.7 Å². The highest BCUT2D eigenvalue weighted by molar-refractivity contribution is 5.98. The summed E-state index contributed by atoms with van der Waals surface area (Å²) in [7, 11) is 0. The summed E-state index contributed by atoms with van der Waals surface area (Å²) in [5, 5.41) is 12.2. The Hall–Kier alpha value is -3.16. The van der Waals surface area contributed by atoms with Crippen molar-refractivity contribution < 1.29 is 23.5 Å². The molecule has 6 nitrogen and oxygen atoms in total. The van der Waals surface area contributed by atoms with Crippen molar-refractivity contribution in [2.45, 2.75) is 19.9 Å². The smallest absolute Gasteiger partial charge is 0.257 e. The van der Waals surface area contributed by atoms with Crippen LogP contribution in [0.2, 0.25) is 0 Å². The van der Waals surface area contributed by atoms with Crippen LogP contribution >= 0.6 is 0 Å². The minimum atomic E-state index is -0.970. The molecule has 2 N–H and O–H groups in total. The molecule has 0 aromatic heterocycles. The van der Waals surface area contributed by atoms with Gasteiger partial charge in [0.05, 0.1) is 0 Å². The molecule has 30 heavy (non-hydrogen) atoms. The summed E-state index contributed by atoms with van der Waals surface area (Å²) in [6.07, 6.45) is 0. The molecule has 2 aromatic carbocycles. The van der Waals surface area contributed by atoms with Crippen LogP contribution in [0.25, 0.3) is 0 Å². The van der Waals surface area contributed by atoms with Gasteiger partial charge in [0.1, 0.15) is 29.0 Å². The maximum Gasteiger partial charge on any atom is 0.257 e. The first-order valence-electron chi connectivity index (χ1n) is 9.85. The lowest BCUT2D eigenvalue weighted by Crippen LogP contribution is -2.56. The van der Waals surface area contributed by atoms with Crippen molar-refractivity contribution in [3.63, 3.8) is 0 Å². The average molecular weight is 417 g/mol. The summed E-state index contributed by atoms with van der Waals surface area (Å²) >= 11 is 0. The highest BCUT2D eigenvalue weighted by Crippen LogP contribution is 2.22. The van der Waals surface area contributed by atoms with E-state index < -0.39 is 29.1 Å². The second-order valence-corrected chi connectivity index (χ2v) is 7.62. The number of hydrogen-bond donors (Lipinski definition) is 2. The topological polar surface area (TPSA) is 72.9 Å². The third-order valence-electron chi connectivity index (χ3n) is 5.20. The summed E-state index contributed by atoms with van der Waals surface area (Å²) in [5.74, 6) is -3.26. The Bertz CT molecular complexity index is 907. The van der Waals surface area contributed by atoms with Crippen molar-refractivity contribution in [1.29, 1.82) is 0 Å². The number of nitrogens with one attached hydrogen (secondary N) is 1. The van der Waals surface area contributed by atoms with Crippen molar-refractivity contribution in [2.75, 3.05) is 31.1 Å². The second kappa shape index (κ2) is 9.11. The number of halogens is 2. The number of rotatable bonds is 5. The van der Waals surface area contributed by atoms with Gasteiger partial charge >= 0.3 is 0 Å². The normalized spacial score (nSPS) is 15.2. The zero-order valence-corrected chi connectivity index (χ0v) is 16.9. The molecule has 0 saturated carbocycles. The summed E-state index contributed by atoms with van der Waals surface area (Å²) in [6, 6.07) is 9.19. The lowest BCUT2D eigenvalue weighted by Gasteiger charge is -2.38. The van der Waals surface area contributed by atoms with Crippen LogP contribution < -0.4 is 10.2 Å². The molecule has 0 aliphatic carbocycles. The zero-order valence-electron chi connectivity index (χ0n) is 16.9. The predicted molar refractivity (Wildman–Crippen MR) is 109 cm³/mol. The Morgan fingerprint density at radius 2 is 1.60 bits per heavy atom. The Morgan fingerprint density at radius 3 is 2.17 bits per heavy atom. The van der Waals surface area contributed by atoms with Gasteiger partial charge in [-0.1, -0.05) is 26.0 Å². The minimum Gasteiger partial charge on any atom is -0.508 e. The Kier molecular flexibility index (Phi) is 6.54. The number of anilines is 1. The maximum atomic E-state index is 13.9. The predicted octanol–water partition coefficient (Wildman–Crippen LogP) is 2.77. The first-order valence-corrected chi connectivity index (χ1v) is 9.85. The molecule has 1 aliphatic heterocycles. The summed E-state index contributed by atoms with van der Waals surface area (Å²) < 4.78 is 27.8. The Balaban J connectivity index is 1.67. The number of phenolic OH excluding ortho intramolecular Hbond substituents is 1. The molecule has 1 aliphatic rings. The minimum absolute atomic E-state index is 0.175. The molecule has 0 spiro atoms. The highest BCUT2D eigenvalue weighted by Gasteiger charge is 2.32. The van der Waals surface area contributed by atoms with Gasteiger partial charge in [-0.3, -0.25) is 9.59 Å². The quantitative estimate of drug-likeness (QED) is 0.785. The first kappa shape index (κ1) is 21.5. The molecule has 2 aromatic rings. The van der Waals surface area contributed by atoms with Crippen LogP contribution in [0.4, 0.5) is 14.5 Å². The molecule has 160 valence electrons. The molecule has 1 fully saturated rings. The molecule has 2 amide bonds. The van der Waals surface area contributed by atoms with Crippen molar-refractivity contribution >= 4 is 17.5 Å². The summed E-state index contributed by atoms with van der Waals surface area (Å²) in [5.41, 5.74) is 0.176. The lowest BCUT2D eigenvalue weighted by molar-refractivity contribution is -0.134. The van der Waals surface area contributed by atoms with Gasteiger partial charge in [0.15, 0.2) is 0 Å². The summed E-state index contributed by atoms with van der Waals surface area (Å²) in [6.45, 7) is 5.53. The molecule has 1 atom stereocenters. The molecule has 1 unspecified atom stereocenters. The van der Waals surface area contributed by atoms with E-state index in [4.69, 9.17) is 0 Å². The van der Waals surface area contributed by atoms with E-state index in [1.165, 1.54) is 6.07 Å². The number of hydrogen-bond acceptors (Lipinski definition) is 4. The summed E-state index contributed by atoms with van der Waals surface area (Å²) in [4.78, 5) is 29.2. The Labute approximate surface area is 174 Å². The van der Waals surface area contributed by atoms with E-state index in [9.17, 15) is 23.5 Å². The fourth-order valence-electron chi connectivity index (χ4n) is 3.51. The van der Waals surface area contributed by atoms with E-state index in [1.807, 2.05) is 6.07 Å². The molecule has 1 saturated heterocycles. The molecule has 8 heteroatoms. The van der Waals surface area contributed by atoms with E-state index in [0.29, 0.717) is 26.2 Å². The zero-order chi connectivity index (χ0) is 21.8. The van der Waals surface area contributed by atoms with E-state index in [2.05, 4.69) is 10.2 Å². The number of carbonyl (C=O) groups excluding carboxylic acids is 2. The SMILES string of the molecule is CC(C)C(NC(=O)c1c(F)cccc1F)C(=O)N1CCN(c2cccc(O)c2)CC1. The van der Waals surface area contributed by atoms with Gasteiger partial charge in [0.25, 0.3) is 5.91 Å². The monoisotopic (exact) mass is 417 g/mol. The van der Waals surface area contributed by atoms with Gasteiger partial charge < -0.3 is 20.2 Å². The van der Waals surface area contributed by atoms with Gasteiger partial charge in [-0.2, -0.15) is 0 Å². The van der Waals surface area contributed by atoms with Crippen LogP contribution in [-0.4, -0.2) is 54.0 Å². The molecule has 0 radical (unpaired) electrons. The van der Waals surface area contributed by atoms with Crippen LogP contribution in [0.3, 0.4) is 0 Å². The standard InChI is InChI=1S/C22H25F2N3O3/c1-14(2)20(25-21(29)19-17(23)7-4-8-18(19)24)22(30)27-11-9-26(10-12-27)15-5-3-6-16(28)13-15/h3-8,13-14,20,28H,9-12H2,1-2H3,(H,25,29). The number of carbonyl (C=O) groups is 2. The van der Waals surface area contributed by atoms with Crippen molar-refractivity contribution in [2.24, 2.45) is 5.92 Å². The van der Waals surface area contributed by atoms with E-state index >= 15 is 0 Å². The van der Waals surface area contributed by atoms with Gasteiger partial charge in [0.2, 0.25) is 5.91 Å². The van der Waals surface area contributed by atoms with Crippen molar-refractivity contribution in [1.82, 2.24) is 10.2 Å². The second-order valence-electron chi connectivity index (χ2n) is 7.62. The third-order valence-corrected chi connectivity index (χ3v) is 5.20. The van der Waals surface area contributed by atoms with Crippen LogP contribution in [0.1, 0.15) is 24.2 Å². The lowest BCUT2D eigenvalue weighted by atomic mass is 10.0. The number of amides is 2. The van der Waals surface area contributed by atoms with Gasteiger partial charge in [-0.05, 0) is 30.2 Å². The van der Waals surface area contributed by atoms with Crippen molar-refractivity contribution in [3.8, 4) is 5.75 Å². The maximum absolute atomic E-state index is 13.9. The average Bonchev–Trinajstić information content (AvgIpc) is 2.71. The van der Waals surface area contributed by atoms with Crippen LogP contribution in [0, 0.1) is 17.6 Å². The highest BCUT2D eigenvalue weighted by atomic mass is 19.1. The van der Waals surface area contributed by atoms with Crippen LogP contribution in [0.15, 0.2) is 42.5 Å². The van der Waals surface area contributed by atoms with E-state index in [0.717, 1.165) is 17.8 Å². The number of benzene rings is 2. The molecule has 3 rings (SSSR count). The molecule has 1 heterocycles. The fraction of sp³-hybridized carbons (Fsp3) is 0.364. The van der Waals surface area contributed by atoms with Gasteiger partial charge in [-0.25, -0.2) is 8.78 Å². The molecular formula is C22H25F2N3O3. The van der Waals surface area contributed by atoms with Crippen LogP contribution in [0.5, 0.6) is 5.75 Å². The molecular weight excluding hydrogens is 392 g/mol. The third kappa shape index (κ3) is 4.69. The van der Waals surface area contributed by atoms with E-state index in [-0.39, 0.29) is 17.6 Å². The van der Waals surface area contributed by atoms with Crippen LogP contribution in [-0.2, 0) is 4.79 Å². The van der Waals surface area contributed by atoms with Gasteiger partial charge in [0, 0.05) is 37.9 Å². The van der Waals surface area contributed by atoms with Gasteiger partial charge in [-0.15, -0.1) is 0 Å². The first-order chi connectivity index (χ1) is 14.3. The Morgan fingerprint density at radius 1 is 1.00 bits per heavy atom. The number of phenols is 1. The number of aromatic hydroxyl groups is 1. The molecule has 0 bridgehead atoms. The van der Waals surface area contributed by atoms with E-state index in [1.54, 1.807) is 36.9 Å². The largest absolute Gasteiger partial charge is 0.508 e.